The van der Waals surface area contributed by atoms with Crippen molar-refractivity contribution in [2.75, 3.05) is 0 Å². The van der Waals surface area contributed by atoms with Crippen LogP contribution in [0, 0.1) is 5.92 Å². The van der Waals surface area contributed by atoms with Crippen molar-refractivity contribution in [1.29, 1.82) is 0 Å². The molecule has 1 aliphatic heterocycles. The van der Waals surface area contributed by atoms with Crippen molar-refractivity contribution in [3.63, 3.8) is 0 Å². The highest BCUT2D eigenvalue weighted by Gasteiger charge is 2.41. The van der Waals surface area contributed by atoms with Gasteiger partial charge in [-0.1, -0.05) is 18.6 Å². The first-order valence-electron chi connectivity index (χ1n) is 7.51. The molecule has 21 heavy (non-hydrogen) atoms. The fourth-order valence-corrected chi connectivity index (χ4v) is 3.87. The minimum atomic E-state index is 0.0372. The molecule has 1 heterocycles. The van der Waals surface area contributed by atoms with Crippen LogP contribution in [0.15, 0.2) is 42.5 Å². The van der Waals surface area contributed by atoms with Crippen molar-refractivity contribution in [2.24, 2.45) is 5.92 Å². The predicted octanol–water partition coefficient (Wildman–Crippen LogP) is 4.12. The van der Waals surface area contributed by atoms with Crippen LogP contribution in [0.25, 0.3) is 0 Å². The van der Waals surface area contributed by atoms with Gasteiger partial charge in [0.1, 0.15) is 23.4 Å². The number of rotatable bonds is 1. The monoisotopic (exact) mass is 282 g/mol. The second-order valence-corrected chi connectivity index (χ2v) is 6.05. The third kappa shape index (κ3) is 2.04. The molecule has 0 aromatic heterocycles. The molecular formula is C18H18O3. The van der Waals surface area contributed by atoms with Crippen molar-refractivity contribution < 1.29 is 14.9 Å². The maximum Gasteiger partial charge on any atom is 0.127 e. The lowest BCUT2D eigenvalue weighted by molar-refractivity contribution is 0.104. The normalized spacial score (nSPS) is 26.8. The Bertz CT molecular complexity index is 663. The Kier molecular flexibility index (Phi) is 2.81. The van der Waals surface area contributed by atoms with Gasteiger partial charge in [0.15, 0.2) is 0 Å². The molecular weight excluding hydrogens is 264 g/mol. The molecule has 3 atom stereocenters. The van der Waals surface area contributed by atoms with Crippen LogP contribution in [-0.4, -0.2) is 10.2 Å². The van der Waals surface area contributed by atoms with Crippen LogP contribution in [0.2, 0.25) is 0 Å². The zero-order valence-corrected chi connectivity index (χ0v) is 11.7. The lowest BCUT2D eigenvalue weighted by Crippen LogP contribution is -2.26. The summed E-state index contributed by atoms with van der Waals surface area (Å²) in [6.45, 7) is 0. The highest BCUT2D eigenvalue weighted by molar-refractivity contribution is 5.45. The van der Waals surface area contributed by atoms with Gasteiger partial charge >= 0.3 is 0 Å². The van der Waals surface area contributed by atoms with Crippen molar-refractivity contribution in [3.8, 4) is 17.2 Å². The van der Waals surface area contributed by atoms with E-state index in [1.807, 2.05) is 24.3 Å². The number of benzene rings is 2. The molecule has 0 bridgehead atoms. The third-order valence-electron chi connectivity index (χ3n) is 4.83. The summed E-state index contributed by atoms with van der Waals surface area (Å²) in [5.41, 5.74) is 2.26. The van der Waals surface area contributed by atoms with E-state index in [0.717, 1.165) is 29.7 Å². The van der Waals surface area contributed by atoms with E-state index in [9.17, 15) is 10.2 Å². The molecule has 1 aliphatic carbocycles. The van der Waals surface area contributed by atoms with Crippen molar-refractivity contribution in [1.82, 2.24) is 0 Å². The van der Waals surface area contributed by atoms with E-state index in [1.165, 1.54) is 6.42 Å². The number of fused-ring (bicyclic) bond motifs is 3. The number of ether oxygens (including phenoxy) is 1. The van der Waals surface area contributed by atoms with E-state index in [0.29, 0.717) is 17.6 Å². The minimum absolute atomic E-state index is 0.0372. The molecule has 2 aromatic carbocycles. The first-order valence-corrected chi connectivity index (χ1v) is 7.51. The van der Waals surface area contributed by atoms with E-state index in [4.69, 9.17) is 4.74 Å². The number of aromatic hydroxyl groups is 2. The number of hydrogen-bond donors (Lipinski definition) is 2. The van der Waals surface area contributed by atoms with E-state index in [-0.39, 0.29) is 11.9 Å². The van der Waals surface area contributed by atoms with E-state index < -0.39 is 0 Å². The molecule has 1 fully saturated rings. The molecule has 3 heteroatoms. The van der Waals surface area contributed by atoms with Gasteiger partial charge in [0.25, 0.3) is 0 Å². The standard InChI is InChI=1S/C18H18O3/c19-12-6-4-11(5-7-12)18-15-3-1-2-14(15)16-10-13(20)8-9-17(16)21-18/h4-10,14-15,18-20H,1-3H2/t14?,15?,18-/m0/s1. The van der Waals surface area contributed by atoms with Crippen molar-refractivity contribution >= 4 is 0 Å². The first kappa shape index (κ1) is 12.6. The van der Waals surface area contributed by atoms with E-state index in [2.05, 4.69) is 0 Å². The largest absolute Gasteiger partial charge is 0.508 e. The van der Waals surface area contributed by atoms with Crippen LogP contribution in [0.5, 0.6) is 17.2 Å². The number of hydrogen-bond acceptors (Lipinski definition) is 3. The molecule has 0 spiro atoms. The first-order chi connectivity index (χ1) is 10.2. The summed E-state index contributed by atoms with van der Waals surface area (Å²) in [5.74, 6) is 2.38. The third-order valence-corrected chi connectivity index (χ3v) is 4.83. The van der Waals surface area contributed by atoms with Crippen molar-refractivity contribution in [3.05, 3.63) is 53.6 Å². The Morgan fingerprint density at radius 1 is 0.905 bits per heavy atom. The van der Waals surface area contributed by atoms with Crippen LogP contribution in [0.4, 0.5) is 0 Å². The number of phenolic OH excluding ortho intramolecular Hbond substituents is 2. The smallest absolute Gasteiger partial charge is 0.127 e. The van der Waals surface area contributed by atoms with Gasteiger partial charge in [-0.05, 0) is 54.7 Å². The van der Waals surface area contributed by atoms with Crippen molar-refractivity contribution in [2.45, 2.75) is 31.3 Å². The lowest BCUT2D eigenvalue weighted by atomic mass is 9.80. The molecule has 108 valence electrons. The second-order valence-electron chi connectivity index (χ2n) is 6.05. The van der Waals surface area contributed by atoms with Gasteiger partial charge in [0.05, 0.1) is 0 Å². The van der Waals surface area contributed by atoms with Gasteiger partial charge in [0, 0.05) is 11.5 Å². The Morgan fingerprint density at radius 3 is 2.48 bits per heavy atom. The highest BCUT2D eigenvalue weighted by Crippen LogP contribution is 2.54. The lowest BCUT2D eigenvalue weighted by Gasteiger charge is -2.36. The van der Waals surface area contributed by atoms with Crippen LogP contribution >= 0.6 is 0 Å². The van der Waals surface area contributed by atoms with E-state index >= 15 is 0 Å². The highest BCUT2D eigenvalue weighted by atomic mass is 16.5. The quantitative estimate of drug-likeness (QED) is 0.827. The number of phenols is 2. The summed E-state index contributed by atoms with van der Waals surface area (Å²) in [4.78, 5) is 0. The molecule has 2 unspecified atom stereocenters. The SMILES string of the molecule is Oc1ccc([C@@H]2Oc3ccc(O)cc3C3CCCC32)cc1. The van der Waals surface area contributed by atoms with Crippen LogP contribution < -0.4 is 4.74 Å². The maximum atomic E-state index is 9.74. The molecule has 2 N–H and O–H groups in total. The summed E-state index contributed by atoms with van der Waals surface area (Å²) in [6, 6.07) is 12.7. The maximum absolute atomic E-state index is 9.74. The fraction of sp³-hybridized carbons (Fsp3) is 0.333. The van der Waals surface area contributed by atoms with Crippen LogP contribution in [0.3, 0.4) is 0 Å². The average Bonchev–Trinajstić information content (AvgIpc) is 2.97. The average molecular weight is 282 g/mol. The summed E-state index contributed by atoms with van der Waals surface area (Å²) < 4.78 is 6.23. The Morgan fingerprint density at radius 2 is 1.67 bits per heavy atom. The van der Waals surface area contributed by atoms with Gasteiger partial charge in [-0.2, -0.15) is 0 Å². The predicted molar refractivity (Wildman–Crippen MR) is 79.7 cm³/mol. The van der Waals surface area contributed by atoms with Gasteiger partial charge in [0.2, 0.25) is 0 Å². The molecule has 1 saturated carbocycles. The van der Waals surface area contributed by atoms with Gasteiger partial charge in [-0.25, -0.2) is 0 Å². The molecule has 0 amide bonds. The summed E-state index contributed by atoms with van der Waals surface area (Å²) in [7, 11) is 0. The van der Waals surface area contributed by atoms with Crippen LogP contribution in [-0.2, 0) is 0 Å². The Hall–Kier alpha value is -2.16. The Balaban J connectivity index is 1.77. The topological polar surface area (TPSA) is 49.7 Å². The fourth-order valence-electron chi connectivity index (χ4n) is 3.87. The molecule has 3 nitrogen and oxygen atoms in total. The van der Waals surface area contributed by atoms with Gasteiger partial charge < -0.3 is 14.9 Å². The summed E-state index contributed by atoms with van der Waals surface area (Å²) in [6.07, 6.45) is 3.53. The van der Waals surface area contributed by atoms with Crippen LogP contribution in [0.1, 0.15) is 42.4 Å². The summed E-state index contributed by atoms with van der Waals surface area (Å²) >= 11 is 0. The van der Waals surface area contributed by atoms with E-state index in [1.54, 1.807) is 18.2 Å². The minimum Gasteiger partial charge on any atom is -0.508 e. The molecule has 0 radical (unpaired) electrons. The zero-order chi connectivity index (χ0) is 14.4. The Labute approximate surface area is 123 Å². The van der Waals surface area contributed by atoms with Gasteiger partial charge in [-0.15, -0.1) is 0 Å². The molecule has 2 aliphatic rings. The molecule has 2 aromatic rings. The second kappa shape index (κ2) is 4.69. The van der Waals surface area contributed by atoms with Gasteiger partial charge in [-0.3, -0.25) is 0 Å². The zero-order valence-electron chi connectivity index (χ0n) is 11.7. The molecule has 4 rings (SSSR count). The summed E-state index contributed by atoms with van der Waals surface area (Å²) in [5, 5.41) is 19.2. The molecule has 0 saturated heterocycles.